The van der Waals surface area contributed by atoms with Gasteiger partial charge in [-0.3, -0.25) is 9.69 Å². The molecule has 0 radical (unpaired) electrons. The first-order valence-corrected chi connectivity index (χ1v) is 14.9. The Morgan fingerprint density at radius 2 is 1.78 bits per heavy atom. The van der Waals surface area contributed by atoms with Gasteiger partial charge in [-0.2, -0.15) is 0 Å². The van der Waals surface area contributed by atoms with Crippen LogP contribution in [0.15, 0.2) is 88.3 Å². The summed E-state index contributed by atoms with van der Waals surface area (Å²) in [5.41, 5.74) is 1.38. The lowest BCUT2D eigenvalue weighted by Crippen LogP contribution is -2.51. The Balaban J connectivity index is 1.48. The van der Waals surface area contributed by atoms with E-state index in [-0.39, 0.29) is 12.5 Å². The average Bonchev–Trinajstić information content (AvgIpc) is 3.40. The molecule has 2 heterocycles. The van der Waals surface area contributed by atoms with Crippen LogP contribution in [0.1, 0.15) is 29.2 Å². The number of hydrogen-bond acceptors (Lipinski definition) is 7. The summed E-state index contributed by atoms with van der Waals surface area (Å²) >= 11 is 3.68. The molecule has 0 aliphatic carbocycles. The highest BCUT2D eigenvalue weighted by molar-refractivity contribution is 9.10. The molecule has 0 unspecified atom stereocenters. The van der Waals surface area contributed by atoms with Gasteiger partial charge in [-0.1, -0.05) is 64.5 Å². The van der Waals surface area contributed by atoms with Gasteiger partial charge in [0.2, 0.25) is 5.90 Å². The molecule has 0 saturated carbocycles. The van der Waals surface area contributed by atoms with Gasteiger partial charge in [0.25, 0.3) is 5.91 Å². The van der Waals surface area contributed by atoms with E-state index in [1.807, 2.05) is 78.9 Å². The first-order valence-electron chi connectivity index (χ1n) is 14.1. The number of halogens is 1. The van der Waals surface area contributed by atoms with Crippen molar-refractivity contribution in [3.05, 3.63) is 100 Å². The first-order chi connectivity index (χ1) is 20.1. The summed E-state index contributed by atoms with van der Waals surface area (Å²) in [6.45, 7) is 4.89. The fourth-order valence-electron chi connectivity index (χ4n) is 5.15. The van der Waals surface area contributed by atoms with E-state index < -0.39 is 11.6 Å². The molecule has 2 aliphatic heterocycles. The van der Waals surface area contributed by atoms with Crippen molar-refractivity contribution < 1.29 is 24.1 Å². The SMILES string of the molecule is O=C(NCCN1CCOCC1)[C@]1(Cc2ccccc2Br)N=C(c2ccc(OCCCO)cc2)O[C@@H]1c1ccccc1. The molecule has 2 N–H and O–H groups in total. The molecule has 1 amide bonds. The number of hydrogen-bond donors (Lipinski definition) is 2. The number of amides is 1. The lowest BCUT2D eigenvalue weighted by Gasteiger charge is -2.32. The van der Waals surface area contributed by atoms with E-state index in [9.17, 15) is 4.79 Å². The highest BCUT2D eigenvalue weighted by Crippen LogP contribution is 2.43. The second-order valence-electron chi connectivity index (χ2n) is 10.2. The molecule has 0 bridgehead atoms. The van der Waals surface area contributed by atoms with Crippen molar-refractivity contribution >= 4 is 27.7 Å². The number of carbonyl (C=O) groups is 1. The quantitative estimate of drug-likeness (QED) is 0.295. The molecular formula is C32H36BrN3O5. The maximum Gasteiger partial charge on any atom is 0.252 e. The van der Waals surface area contributed by atoms with E-state index in [1.54, 1.807) is 0 Å². The van der Waals surface area contributed by atoms with Gasteiger partial charge in [0.15, 0.2) is 11.6 Å². The van der Waals surface area contributed by atoms with Gasteiger partial charge >= 0.3 is 0 Å². The molecule has 9 heteroatoms. The molecule has 216 valence electrons. The Bertz CT molecular complexity index is 1310. The van der Waals surface area contributed by atoms with Crippen molar-refractivity contribution in [1.82, 2.24) is 10.2 Å². The zero-order valence-corrected chi connectivity index (χ0v) is 24.6. The van der Waals surface area contributed by atoms with Crippen molar-refractivity contribution in [2.24, 2.45) is 4.99 Å². The molecule has 2 aliphatic rings. The molecule has 3 aromatic rings. The molecule has 3 aromatic carbocycles. The van der Waals surface area contributed by atoms with Crippen LogP contribution in [0.4, 0.5) is 0 Å². The first kappa shape index (κ1) is 29.3. The van der Waals surface area contributed by atoms with Crippen LogP contribution in [0.3, 0.4) is 0 Å². The van der Waals surface area contributed by atoms with Crippen LogP contribution in [0, 0.1) is 0 Å². The van der Waals surface area contributed by atoms with Crippen LogP contribution in [0.2, 0.25) is 0 Å². The summed E-state index contributed by atoms with van der Waals surface area (Å²) in [4.78, 5) is 21.7. The molecule has 1 saturated heterocycles. The van der Waals surface area contributed by atoms with E-state index in [0.29, 0.717) is 50.9 Å². The Hall–Kier alpha value is -3.24. The Labute approximate surface area is 249 Å². The lowest BCUT2D eigenvalue weighted by atomic mass is 9.82. The van der Waals surface area contributed by atoms with E-state index in [4.69, 9.17) is 24.3 Å². The van der Waals surface area contributed by atoms with E-state index in [0.717, 1.165) is 40.8 Å². The van der Waals surface area contributed by atoms with Crippen LogP contribution in [-0.2, 0) is 20.7 Å². The van der Waals surface area contributed by atoms with Crippen LogP contribution in [0.25, 0.3) is 0 Å². The largest absolute Gasteiger partial charge is 0.494 e. The van der Waals surface area contributed by atoms with Crippen LogP contribution >= 0.6 is 15.9 Å². The third kappa shape index (κ3) is 7.16. The summed E-state index contributed by atoms with van der Waals surface area (Å²) in [6, 6.07) is 25.2. The van der Waals surface area contributed by atoms with E-state index >= 15 is 0 Å². The van der Waals surface area contributed by atoms with Gasteiger partial charge in [0, 0.05) is 55.7 Å². The molecular weight excluding hydrogens is 586 g/mol. The van der Waals surface area contributed by atoms with Gasteiger partial charge in [-0.15, -0.1) is 0 Å². The number of aliphatic imine (C=N–C) groups is 1. The number of rotatable bonds is 12. The minimum atomic E-state index is -1.23. The zero-order chi connectivity index (χ0) is 28.5. The molecule has 5 rings (SSSR count). The zero-order valence-electron chi connectivity index (χ0n) is 23.0. The fraction of sp³-hybridized carbons (Fsp3) is 0.375. The molecule has 41 heavy (non-hydrogen) atoms. The maximum absolute atomic E-state index is 14.3. The standard InChI is InChI=1S/C32H36BrN3O5/c33-28-10-5-4-9-26(28)23-32(31(38)34-15-16-36-17-21-39-22-18-36)29(24-7-2-1-3-8-24)41-30(35-32)25-11-13-27(14-12-25)40-20-6-19-37/h1-5,7-14,29,37H,6,15-23H2,(H,34,38)/t29-,32-/m1/s1. The Morgan fingerprint density at radius 1 is 1.05 bits per heavy atom. The normalized spacial score (nSPS) is 20.7. The van der Waals surface area contributed by atoms with Gasteiger partial charge in [-0.05, 0) is 41.5 Å². The number of aliphatic hydroxyl groups excluding tert-OH is 1. The predicted molar refractivity (Wildman–Crippen MR) is 161 cm³/mol. The Kier molecular flexibility index (Phi) is 10.1. The summed E-state index contributed by atoms with van der Waals surface area (Å²) in [5.74, 6) is 0.936. The van der Waals surface area contributed by atoms with Crippen molar-refractivity contribution in [3.8, 4) is 5.75 Å². The van der Waals surface area contributed by atoms with Gasteiger partial charge in [0.1, 0.15) is 5.75 Å². The van der Waals surface area contributed by atoms with E-state index in [1.165, 1.54) is 0 Å². The number of carbonyl (C=O) groups excluding carboxylic acids is 1. The van der Waals surface area contributed by atoms with Gasteiger partial charge < -0.3 is 24.6 Å². The number of aliphatic hydroxyl groups is 1. The summed E-state index contributed by atoms with van der Waals surface area (Å²) in [6.07, 6.45) is 0.285. The lowest BCUT2D eigenvalue weighted by molar-refractivity contribution is -0.129. The number of ether oxygens (including phenoxy) is 3. The summed E-state index contributed by atoms with van der Waals surface area (Å²) in [5, 5.41) is 12.2. The van der Waals surface area contributed by atoms with Crippen molar-refractivity contribution in [3.63, 3.8) is 0 Å². The minimum Gasteiger partial charge on any atom is -0.494 e. The smallest absolute Gasteiger partial charge is 0.252 e. The number of nitrogens with one attached hydrogen (secondary N) is 1. The van der Waals surface area contributed by atoms with Crippen LogP contribution in [0.5, 0.6) is 5.75 Å². The molecule has 2 atom stereocenters. The molecule has 1 fully saturated rings. The van der Waals surface area contributed by atoms with E-state index in [2.05, 4.69) is 26.1 Å². The van der Waals surface area contributed by atoms with Crippen LogP contribution < -0.4 is 10.1 Å². The molecule has 0 spiro atoms. The molecule has 0 aromatic heterocycles. The van der Waals surface area contributed by atoms with Crippen molar-refractivity contribution in [2.45, 2.75) is 24.5 Å². The monoisotopic (exact) mass is 621 g/mol. The predicted octanol–water partition coefficient (Wildman–Crippen LogP) is 4.16. The van der Waals surface area contributed by atoms with Crippen LogP contribution in [-0.4, -0.2) is 80.0 Å². The fourth-order valence-corrected chi connectivity index (χ4v) is 5.57. The van der Waals surface area contributed by atoms with Crippen molar-refractivity contribution in [2.75, 3.05) is 52.6 Å². The summed E-state index contributed by atoms with van der Waals surface area (Å²) < 4.78 is 18.7. The number of nitrogens with zero attached hydrogens (tertiary/aromatic N) is 2. The van der Waals surface area contributed by atoms with Gasteiger partial charge in [-0.25, -0.2) is 4.99 Å². The Morgan fingerprint density at radius 3 is 2.51 bits per heavy atom. The van der Waals surface area contributed by atoms with Crippen molar-refractivity contribution in [1.29, 1.82) is 0 Å². The maximum atomic E-state index is 14.3. The minimum absolute atomic E-state index is 0.0811. The number of morpholine rings is 1. The molecule has 8 nitrogen and oxygen atoms in total. The average molecular weight is 623 g/mol. The third-order valence-corrected chi connectivity index (χ3v) is 8.14. The second-order valence-corrected chi connectivity index (χ2v) is 11.0. The summed E-state index contributed by atoms with van der Waals surface area (Å²) in [7, 11) is 0. The second kappa shape index (κ2) is 14.1. The number of benzene rings is 3. The third-order valence-electron chi connectivity index (χ3n) is 7.37. The van der Waals surface area contributed by atoms with Gasteiger partial charge in [0.05, 0.1) is 19.8 Å². The highest BCUT2D eigenvalue weighted by atomic mass is 79.9. The topological polar surface area (TPSA) is 92.6 Å². The highest BCUT2D eigenvalue weighted by Gasteiger charge is 2.53.